The Morgan fingerprint density at radius 1 is 1.16 bits per heavy atom. The summed E-state index contributed by atoms with van der Waals surface area (Å²) in [5.74, 6) is -0.601. The van der Waals surface area contributed by atoms with Gasteiger partial charge in [-0.15, -0.1) is 0 Å². The fraction of sp³-hybridized carbons (Fsp3) is 0.174. The monoisotopic (exact) mass is 434 g/mol. The van der Waals surface area contributed by atoms with E-state index < -0.39 is 17.7 Å². The van der Waals surface area contributed by atoms with Gasteiger partial charge in [0.25, 0.3) is 0 Å². The molecule has 0 spiro atoms. The van der Waals surface area contributed by atoms with Gasteiger partial charge in [-0.25, -0.2) is 18.6 Å². The number of amides is 2. The van der Waals surface area contributed by atoms with Gasteiger partial charge in [0.15, 0.2) is 11.6 Å². The van der Waals surface area contributed by atoms with E-state index in [2.05, 4.69) is 15.6 Å². The van der Waals surface area contributed by atoms with Crippen molar-refractivity contribution in [2.75, 3.05) is 11.9 Å². The van der Waals surface area contributed by atoms with Gasteiger partial charge in [-0.1, -0.05) is 12.1 Å². The van der Waals surface area contributed by atoms with Gasteiger partial charge in [0.05, 0.1) is 18.4 Å². The third-order valence-corrected chi connectivity index (χ3v) is 5.53. The van der Waals surface area contributed by atoms with Crippen LogP contribution in [0.3, 0.4) is 0 Å². The second kappa shape index (κ2) is 7.81. The molecule has 1 fully saturated rings. The van der Waals surface area contributed by atoms with Crippen molar-refractivity contribution in [3.8, 4) is 23.3 Å². The molecule has 32 heavy (non-hydrogen) atoms. The summed E-state index contributed by atoms with van der Waals surface area (Å²) < 4.78 is 39.1. The summed E-state index contributed by atoms with van der Waals surface area (Å²) >= 11 is 0. The molecule has 0 bridgehead atoms. The number of nitriles is 1. The number of hydrogen-bond donors (Lipinski definition) is 2. The maximum Gasteiger partial charge on any atom is 0.320 e. The molecule has 5 rings (SSSR count). The predicted octanol–water partition coefficient (Wildman–Crippen LogP) is 4.32. The number of anilines is 1. The lowest BCUT2D eigenvalue weighted by Gasteiger charge is -2.16. The van der Waals surface area contributed by atoms with Gasteiger partial charge in [-0.2, -0.15) is 5.26 Å². The maximum atomic E-state index is 14.2. The van der Waals surface area contributed by atoms with Gasteiger partial charge in [0.2, 0.25) is 0 Å². The minimum absolute atomic E-state index is 0.0776. The predicted molar refractivity (Wildman–Crippen MR) is 109 cm³/mol. The molecule has 9 heteroatoms. The van der Waals surface area contributed by atoms with Crippen LogP contribution in [0.15, 0.2) is 54.7 Å². The molecule has 3 atom stereocenters. The van der Waals surface area contributed by atoms with Crippen LogP contribution in [0.4, 0.5) is 19.4 Å². The highest BCUT2D eigenvalue weighted by Crippen LogP contribution is 2.55. The van der Waals surface area contributed by atoms with Crippen LogP contribution in [0, 0.1) is 28.9 Å². The normalized spacial score (nSPS) is 20.1. The number of fused-ring (bicyclic) bond motifs is 3. The highest BCUT2D eigenvalue weighted by molar-refractivity contribution is 5.89. The van der Waals surface area contributed by atoms with E-state index in [1.165, 1.54) is 6.20 Å². The molecule has 3 unspecified atom stereocenters. The van der Waals surface area contributed by atoms with E-state index in [4.69, 9.17) is 14.7 Å². The summed E-state index contributed by atoms with van der Waals surface area (Å²) in [4.78, 5) is 16.5. The van der Waals surface area contributed by atoms with E-state index in [-0.39, 0.29) is 41.6 Å². The number of pyridine rings is 1. The quantitative estimate of drug-likeness (QED) is 0.638. The summed E-state index contributed by atoms with van der Waals surface area (Å²) in [6.07, 6.45) is 1.42. The number of nitrogens with one attached hydrogen (secondary N) is 2. The Morgan fingerprint density at radius 3 is 2.75 bits per heavy atom. The van der Waals surface area contributed by atoms with Crippen LogP contribution in [-0.4, -0.2) is 23.7 Å². The molecule has 1 aromatic heterocycles. The fourth-order valence-electron chi connectivity index (χ4n) is 3.95. The summed E-state index contributed by atoms with van der Waals surface area (Å²) in [6, 6.07) is 13.2. The molecule has 7 nitrogen and oxygen atoms in total. The number of carbonyl (C=O) groups excluding carboxylic acids is 1. The minimum atomic E-state index is -0.612. The Bertz CT molecular complexity index is 1240. The smallest absolute Gasteiger partial charge is 0.320 e. The highest BCUT2D eigenvalue weighted by atomic mass is 19.1. The first-order valence-electron chi connectivity index (χ1n) is 9.86. The molecule has 0 saturated heterocycles. The van der Waals surface area contributed by atoms with Crippen LogP contribution >= 0.6 is 0 Å². The zero-order valence-corrected chi connectivity index (χ0v) is 16.5. The lowest BCUT2D eigenvalue weighted by Crippen LogP contribution is -2.32. The number of nitrogens with zero attached hydrogens (tertiary/aromatic N) is 2. The van der Waals surface area contributed by atoms with E-state index in [9.17, 15) is 13.6 Å². The number of halogens is 2. The van der Waals surface area contributed by atoms with Gasteiger partial charge < -0.3 is 14.8 Å². The SMILES string of the molecule is N#Cc1ccccc1Oc1ccc(NC(=O)NC2C3COc4c(F)ccc(F)c4C32)nc1. The molecule has 0 radical (unpaired) electrons. The van der Waals surface area contributed by atoms with Gasteiger partial charge in [-0.05, 0) is 36.4 Å². The number of hydrogen-bond acceptors (Lipinski definition) is 5. The first-order chi connectivity index (χ1) is 15.5. The number of rotatable bonds is 4. The van der Waals surface area contributed by atoms with Gasteiger partial charge in [-0.3, -0.25) is 5.32 Å². The molecule has 160 valence electrons. The lowest BCUT2D eigenvalue weighted by molar-refractivity contribution is 0.247. The van der Waals surface area contributed by atoms with E-state index in [0.29, 0.717) is 17.1 Å². The first-order valence-corrected chi connectivity index (χ1v) is 9.86. The number of ether oxygens (including phenoxy) is 2. The average molecular weight is 434 g/mol. The largest absolute Gasteiger partial charge is 0.490 e. The Balaban J connectivity index is 1.21. The zero-order chi connectivity index (χ0) is 22.2. The van der Waals surface area contributed by atoms with Crippen LogP contribution in [0.5, 0.6) is 17.2 Å². The molecule has 1 aliphatic carbocycles. The minimum Gasteiger partial charge on any atom is -0.490 e. The van der Waals surface area contributed by atoms with Crippen molar-refractivity contribution >= 4 is 11.8 Å². The van der Waals surface area contributed by atoms with Crippen molar-refractivity contribution in [2.45, 2.75) is 12.0 Å². The Hall–Kier alpha value is -4.19. The molecule has 3 aromatic rings. The van der Waals surface area contributed by atoms with Crippen molar-refractivity contribution in [3.63, 3.8) is 0 Å². The van der Waals surface area contributed by atoms with E-state index in [1.54, 1.807) is 36.4 Å². The van der Waals surface area contributed by atoms with Crippen LogP contribution in [0.2, 0.25) is 0 Å². The molecular formula is C23H16F2N4O3. The van der Waals surface area contributed by atoms with Crippen molar-refractivity contribution in [1.82, 2.24) is 10.3 Å². The van der Waals surface area contributed by atoms with E-state index in [1.807, 2.05) is 6.07 Å². The average Bonchev–Trinajstić information content (AvgIpc) is 3.50. The number of benzene rings is 2. The number of aromatic nitrogens is 1. The highest BCUT2D eigenvalue weighted by Gasteiger charge is 2.57. The van der Waals surface area contributed by atoms with Crippen molar-refractivity contribution < 1.29 is 23.0 Å². The Labute approximate surface area is 181 Å². The fourth-order valence-corrected chi connectivity index (χ4v) is 3.95. The summed E-state index contributed by atoms with van der Waals surface area (Å²) in [7, 11) is 0. The molecule has 2 aliphatic rings. The number of para-hydroxylation sites is 1. The van der Waals surface area contributed by atoms with Crippen LogP contribution in [0.25, 0.3) is 0 Å². The number of carbonyl (C=O) groups is 1. The zero-order valence-electron chi connectivity index (χ0n) is 16.5. The van der Waals surface area contributed by atoms with E-state index in [0.717, 1.165) is 12.1 Å². The molecule has 1 saturated carbocycles. The molecule has 2 heterocycles. The van der Waals surface area contributed by atoms with Crippen LogP contribution < -0.4 is 20.1 Å². The summed E-state index contributed by atoms with van der Waals surface area (Å²) in [5.41, 5.74) is 0.561. The molecule has 2 N–H and O–H groups in total. The lowest BCUT2D eigenvalue weighted by atomic mass is 10.0. The Kier molecular flexibility index (Phi) is 4.82. The van der Waals surface area contributed by atoms with Crippen molar-refractivity contribution in [3.05, 3.63) is 77.5 Å². The molecule has 2 amide bonds. The summed E-state index contributed by atoms with van der Waals surface area (Å²) in [6.45, 7) is 0.206. The second-order valence-electron chi connectivity index (χ2n) is 7.49. The van der Waals surface area contributed by atoms with Crippen molar-refractivity contribution in [1.29, 1.82) is 5.26 Å². The standard InChI is InChI=1S/C23H16F2N4O3/c24-15-6-7-16(25)22-20(15)19-14(11-31-22)21(19)29-23(30)28-18-8-5-13(10-27-18)32-17-4-2-1-3-12(17)9-26/h1-8,10,14,19,21H,11H2,(H2,27,28,29,30). The van der Waals surface area contributed by atoms with Gasteiger partial charge in [0.1, 0.15) is 29.2 Å². The maximum absolute atomic E-state index is 14.2. The van der Waals surface area contributed by atoms with Gasteiger partial charge >= 0.3 is 6.03 Å². The van der Waals surface area contributed by atoms with Crippen LogP contribution in [-0.2, 0) is 0 Å². The van der Waals surface area contributed by atoms with Crippen LogP contribution in [0.1, 0.15) is 17.0 Å². The Morgan fingerprint density at radius 2 is 1.97 bits per heavy atom. The summed E-state index contributed by atoms with van der Waals surface area (Å²) in [5, 5.41) is 14.5. The number of urea groups is 1. The third kappa shape index (κ3) is 3.56. The molecular weight excluding hydrogens is 418 g/mol. The van der Waals surface area contributed by atoms with E-state index >= 15 is 0 Å². The third-order valence-electron chi connectivity index (χ3n) is 5.53. The first kappa shape index (κ1) is 19.8. The van der Waals surface area contributed by atoms with Crippen molar-refractivity contribution in [2.24, 2.45) is 5.92 Å². The molecule has 1 aliphatic heterocycles. The second-order valence-corrected chi connectivity index (χ2v) is 7.49. The van der Waals surface area contributed by atoms with Gasteiger partial charge in [0, 0.05) is 23.4 Å². The topological polar surface area (TPSA) is 96.3 Å². The molecule has 2 aromatic carbocycles.